The minimum atomic E-state index is -4.89. The third kappa shape index (κ3) is 3.67. The lowest BCUT2D eigenvalue weighted by atomic mass is 10.2. The topological polar surface area (TPSA) is 51.0 Å². The molecule has 0 saturated carbocycles. The number of halogens is 4. The molecule has 1 heterocycles. The summed E-state index contributed by atoms with van der Waals surface area (Å²) in [5.41, 5.74) is -0.953. The number of carbonyl (C=O) groups is 1. The molecule has 0 aliphatic heterocycles. The van der Waals surface area contributed by atoms with Gasteiger partial charge in [-0.05, 0) is 48.9 Å². The monoisotopic (exact) mass is 378 g/mol. The maximum Gasteiger partial charge on any atom is 0.435 e. The van der Waals surface area contributed by atoms with Gasteiger partial charge < -0.3 is 4.90 Å². The number of aryl methyl sites for hydroxylation is 1. The lowest BCUT2D eigenvalue weighted by molar-refractivity contribution is -0.143. The van der Waals surface area contributed by atoms with Crippen LogP contribution < -0.4 is 4.90 Å². The van der Waals surface area contributed by atoms with Crippen molar-refractivity contribution in [2.24, 2.45) is 0 Å². The van der Waals surface area contributed by atoms with Crippen LogP contribution in [0.3, 0.4) is 0 Å². The van der Waals surface area contributed by atoms with E-state index < -0.39 is 29.3 Å². The highest BCUT2D eigenvalue weighted by Crippen LogP contribution is 2.33. The molecule has 27 heavy (non-hydrogen) atoms. The van der Waals surface area contributed by atoms with Crippen LogP contribution in [-0.4, -0.2) is 27.9 Å². The Kier molecular flexibility index (Phi) is 4.69. The Balaban J connectivity index is 2.08. The minimum absolute atomic E-state index is 0.0616. The number of hydrogen-bond donors (Lipinski definition) is 0. The fraction of sp³-hybridized carbons (Fsp3) is 0.167. The first-order valence-corrected chi connectivity index (χ1v) is 7.82. The van der Waals surface area contributed by atoms with Gasteiger partial charge in [-0.3, -0.25) is 4.79 Å². The highest BCUT2D eigenvalue weighted by molar-refractivity contribution is 6.05. The number of alkyl halides is 3. The molecular formula is C18H14F4N4O. The molecule has 3 aromatic rings. The molecule has 0 fully saturated rings. The molecule has 0 radical (unpaired) electrons. The molecule has 140 valence electrons. The Morgan fingerprint density at radius 3 is 2.37 bits per heavy atom. The number of amides is 1. The number of anilines is 1. The lowest BCUT2D eigenvalue weighted by Crippen LogP contribution is -2.29. The van der Waals surface area contributed by atoms with E-state index in [9.17, 15) is 22.4 Å². The normalized spacial score (nSPS) is 11.5. The van der Waals surface area contributed by atoms with E-state index in [1.165, 1.54) is 7.05 Å². The zero-order valence-corrected chi connectivity index (χ0v) is 14.3. The number of carbonyl (C=O) groups excluding carboxylic acids is 1. The Bertz CT molecular complexity index is 980. The summed E-state index contributed by atoms with van der Waals surface area (Å²) in [6, 6.07) is 11.0. The Labute approximate surface area is 151 Å². The summed E-state index contributed by atoms with van der Waals surface area (Å²) in [4.78, 5) is 13.7. The molecule has 5 nitrogen and oxygen atoms in total. The molecule has 0 bridgehead atoms. The molecule has 1 aromatic heterocycles. The fourth-order valence-corrected chi connectivity index (χ4v) is 2.56. The van der Waals surface area contributed by atoms with Crippen molar-refractivity contribution >= 4 is 11.6 Å². The van der Waals surface area contributed by atoms with Crippen molar-refractivity contribution in [2.45, 2.75) is 13.1 Å². The summed E-state index contributed by atoms with van der Waals surface area (Å²) in [5.74, 6) is -1.57. The number of hydrogen-bond acceptors (Lipinski definition) is 3. The van der Waals surface area contributed by atoms with E-state index in [0.717, 1.165) is 34.7 Å². The predicted molar refractivity (Wildman–Crippen MR) is 90.2 cm³/mol. The van der Waals surface area contributed by atoms with Crippen molar-refractivity contribution in [3.05, 3.63) is 71.3 Å². The maximum absolute atomic E-state index is 13.7. The summed E-state index contributed by atoms with van der Waals surface area (Å²) >= 11 is 0. The van der Waals surface area contributed by atoms with Gasteiger partial charge in [0.2, 0.25) is 0 Å². The van der Waals surface area contributed by atoms with Gasteiger partial charge in [0, 0.05) is 12.7 Å². The second-order valence-electron chi connectivity index (χ2n) is 5.88. The third-order valence-corrected chi connectivity index (χ3v) is 3.91. The van der Waals surface area contributed by atoms with Crippen LogP contribution in [0.1, 0.15) is 21.7 Å². The van der Waals surface area contributed by atoms with Crippen molar-refractivity contribution in [3.8, 4) is 5.69 Å². The molecule has 0 atom stereocenters. The van der Waals surface area contributed by atoms with Gasteiger partial charge in [0.05, 0.1) is 5.69 Å². The first-order valence-electron chi connectivity index (χ1n) is 7.82. The lowest BCUT2D eigenvalue weighted by Gasteiger charge is -2.18. The van der Waals surface area contributed by atoms with Crippen molar-refractivity contribution in [1.29, 1.82) is 0 Å². The Morgan fingerprint density at radius 2 is 1.78 bits per heavy atom. The fourth-order valence-electron chi connectivity index (χ4n) is 2.56. The molecule has 9 heteroatoms. The highest BCUT2D eigenvalue weighted by Gasteiger charge is 2.42. The van der Waals surface area contributed by atoms with Crippen LogP contribution in [0.4, 0.5) is 23.2 Å². The minimum Gasteiger partial charge on any atom is -0.310 e. The number of benzene rings is 2. The molecule has 0 N–H and O–H groups in total. The van der Waals surface area contributed by atoms with Crippen LogP contribution >= 0.6 is 0 Å². The largest absolute Gasteiger partial charge is 0.435 e. The van der Waals surface area contributed by atoms with Gasteiger partial charge >= 0.3 is 6.18 Å². The van der Waals surface area contributed by atoms with Gasteiger partial charge in [-0.15, -0.1) is 5.10 Å². The molecule has 0 aliphatic carbocycles. The van der Waals surface area contributed by atoms with E-state index in [1.807, 2.05) is 0 Å². The number of aromatic nitrogens is 3. The van der Waals surface area contributed by atoms with Crippen molar-refractivity contribution < 1.29 is 22.4 Å². The summed E-state index contributed by atoms with van der Waals surface area (Å²) in [6.45, 7) is 1.80. The average molecular weight is 378 g/mol. The zero-order chi connectivity index (χ0) is 19.8. The molecule has 3 rings (SSSR count). The van der Waals surface area contributed by atoms with Crippen LogP contribution in [0.25, 0.3) is 5.69 Å². The van der Waals surface area contributed by atoms with E-state index in [2.05, 4.69) is 10.3 Å². The predicted octanol–water partition coefficient (Wildman–Crippen LogP) is 4.01. The molecule has 0 unspecified atom stereocenters. The van der Waals surface area contributed by atoms with E-state index >= 15 is 0 Å². The SMILES string of the molecule is Cc1cccc(N(C)C(=O)c2nnn(-c3ccc(F)cc3)c2C(F)(F)F)c1. The quantitative estimate of drug-likeness (QED) is 0.647. The number of rotatable bonds is 3. The first kappa shape index (κ1) is 18.6. The van der Waals surface area contributed by atoms with Crippen LogP contribution in [0.2, 0.25) is 0 Å². The summed E-state index contributed by atoms with van der Waals surface area (Å²) < 4.78 is 54.5. The molecule has 1 amide bonds. The molecular weight excluding hydrogens is 364 g/mol. The van der Waals surface area contributed by atoms with Crippen LogP contribution in [0, 0.1) is 12.7 Å². The zero-order valence-electron chi connectivity index (χ0n) is 14.3. The molecule has 0 spiro atoms. The van der Waals surface area contributed by atoms with E-state index in [1.54, 1.807) is 31.2 Å². The second kappa shape index (κ2) is 6.82. The number of nitrogens with zero attached hydrogens (tertiary/aromatic N) is 4. The second-order valence-corrected chi connectivity index (χ2v) is 5.88. The van der Waals surface area contributed by atoms with E-state index in [4.69, 9.17) is 0 Å². The van der Waals surface area contributed by atoms with E-state index in [-0.39, 0.29) is 5.69 Å². The summed E-state index contributed by atoms with van der Waals surface area (Å²) in [7, 11) is 1.36. The molecule has 2 aromatic carbocycles. The van der Waals surface area contributed by atoms with Crippen LogP contribution in [0.15, 0.2) is 48.5 Å². The van der Waals surface area contributed by atoms with Crippen molar-refractivity contribution in [3.63, 3.8) is 0 Å². The maximum atomic E-state index is 13.7. The van der Waals surface area contributed by atoms with E-state index in [0.29, 0.717) is 10.4 Å². The first-order chi connectivity index (χ1) is 12.7. The van der Waals surface area contributed by atoms with Gasteiger partial charge in [0.1, 0.15) is 5.82 Å². The summed E-state index contributed by atoms with van der Waals surface area (Å²) in [5, 5.41) is 6.93. The standard InChI is InChI=1S/C18H14F4N4O/c1-11-4-3-5-14(10-11)25(2)17(27)15-16(18(20,21)22)26(24-23-15)13-8-6-12(19)7-9-13/h3-10H,1-2H3. The third-order valence-electron chi connectivity index (χ3n) is 3.91. The Morgan fingerprint density at radius 1 is 1.11 bits per heavy atom. The van der Waals surface area contributed by atoms with Crippen LogP contribution in [0.5, 0.6) is 0 Å². The van der Waals surface area contributed by atoms with Gasteiger partial charge in [0.15, 0.2) is 11.4 Å². The molecule has 0 aliphatic rings. The highest BCUT2D eigenvalue weighted by atomic mass is 19.4. The molecule has 0 saturated heterocycles. The van der Waals surface area contributed by atoms with Gasteiger partial charge in [-0.1, -0.05) is 17.3 Å². The smallest absolute Gasteiger partial charge is 0.310 e. The van der Waals surface area contributed by atoms with Gasteiger partial charge in [-0.25, -0.2) is 9.07 Å². The van der Waals surface area contributed by atoms with Gasteiger partial charge in [-0.2, -0.15) is 13.2 Å². The Hall–Kier alpha value is -3.23. The summed E-state index contributed by atoms with van der Waals surface area (Å²) in [6.07, 6.45) is -4.89. The van der Waals surface area contributed by atoms with Crippen LogP contribution in [-0.2, 0) is 6.18 Å². The van der Waals surface area contributed by atoms with Gasteiger partial charge in [0.25, 0.3) is 5.91 Å². The average Bonchev–Trinajstić information content (AvgIpc) is 3.06. The van der Waals surface area contributed by atoms with Crippen molar-refractivity contribution in [1.82, 2.24) is 15.0 Å². The van der Waals surface area contributed by atoms with Crippen molar-refractivity contribution in [2.75, 3.05) is 11.9 Å².